The fourth-order valence-corrected chi connectivity index (χ4v) is 2.51. The van der Waals surface area contributed by atoms with Gasteiger partial charge in [-0.15, -0.1) is 0 Å². The highest BCUT2D eigenvalue weighted by molar-refractivity contribution is 5.79. The molecule has 0 saturated carbocycles. The number of halogens is 3. The maximum atomic E-state index is 12.7. The van der Waals surface area contributed by atoms with Gasteiger partial charge in [0.05, 0.1) is 29.2 Å². The van der Waals surface area contributed by atoms with Crippen LogP contribution in [0.3, 0.4) is 0 Å². The van der Waals surface area contributed by atoms with Crippen LogP contribution in [0.25, 0.3) is 11.0 Å². The molecule has 1 saturated heterocycles. The lowest BCUT2D eigenvalue weighted by atomic mass is 10.2. The molecule has 0 aliphatic carbocycles. The van der Waals surface area contributed by atoms with Crippen LogP contribution in [0, 0.1) is 0 Å². The van der Waals surface area contributed by atoms with Gasteiger partial charge >= 0.3 is 6.18 Å². The van der Waals surface area contributed by atoms with E-state index >= 15 is 0 Å². The zero-order valence-corrected chi connectivity index (χ0v) is 10.7. The predicted molar refractivity (Wildman–Crippen MR) is 68.1 cm³/mol. The maximum absolute atomic E-state index is 12.7. The van der Waals surface area contributed by atoms with E-state index in [-0.39, 0.29) is 17.6 Å². The molecule has 1 unspecified atom stereocenters. The van der Waals surface area contributed by atoms with E-state index in [1.54, 1.807) is 4.57 Å². The summed E-state index contributed by atoms with van der Waals surface area (Å²) in [5.74, 6) is 0.217. The van der Waals surface area contributed by atoms with E-state index in [2.05, 4.69) is 4.98 Å². The van der Waals surface area contributed by atoms with E-state index in [0.29, 0.717) is 12.1 Å². The number of nitrogen functional groups attached to an aromatic ring is 1. The number of hydrogen-bond acceptors (Lipinski definition) is 3. The molecule has 1 atom stereocenters. The summed E-state index contributed by atoms with van der Waals surface area (Å²) in [5, 5.41) is 0. The molecule has 0 amide bonds. The van der Waals surface area contributed by atoms with Crippen molar-refractivity contribution in [2.45, 2.75) is 31.7 Å². The van der Waals surface area contributed by atoms with Crippen LogP contribution in [-0.4, -0.2) is 22.3 Å². The average Bonchev–Trinajstić information content (AvgIpc) is 2.97. The number of nitrogens with zero attached hydrogens (tertiary/aromatic N) is 2. The first-order chi connectivity index (χ1) is 9.45. The third-order valence-corrected chi connectivity index (χ3v) is 3.52. The van der Waals surface area contributed by atoms with Crippen LogP contribution in [0.15, 0.2) is 18.2 Å². The van der Waals surface area contributed by atoms with Crippen molar-refractivity contribution in [3.05, 3.63) is 23.8 Å². The van der Waals surface area contributed by atoms with Crippen molar-refractivity contribution in [2.75, 3.05) is 12.3 Å². The summed E-state index contributed by atoms with van der Waals surface area (Å²) in [6.07, 6.45) is -2.40. The van der Waals surface area contributed by atoms with Gasteiger partial charge in [-0.05, 0) is 31.0 Å². The molecule has 4 nitrogen and oxygen atoms in total. The summed E-state index contributed by atoms with van der Waals surface area (Å²) < 4.78 is 45.2. The Morgan fingerprint density at radius 2 is 2.20 bits per heavy atom. The molecule has 0 radical (unpaired) electrons. The topological polar surface area (TPSA) is 53.1 Å². The van der Waals surface area contributed by atoms with Gasteiger partial charge in [0.2, 0.25) is 5.95 Å². The first-order valence-corrected chi connectivity index (χ1v) is 6.40. The van der Waals surface area contributed by atoms with Gasteiger partial charge in [-0.25, -0.2) is 4.98 Å². The number of hydrogen-bond donors (Lipinski definition) is 1. The lowest BCUT2D eigenvalue weighted by molar-refractivity contribution is -0.137. The van der Waals surface area contributed by atoms with Crippen LogP contribution in [0.2, 0.25) is 0 Å². The fraction of sp³-hybridized carbons (Fsp3) is 0.462. The van der Waals surface area contributed by atoms with Crippen molar-refractivity contribution in [1.82, 2.24) is 9.55 Å². The van der Waals surface area contributed by atoms with Crippen LogP contribution in [0.1, 0.15) is 18.4 Å². The molecule has 0 bridgehead atoms. The van der Waals surface area contributed by atoms with Crippen LogP contribution in [0.5, 0.6) is 0 Å². The molecule has 1 aromatic heterocycles. The Kier molecular flexibility index (Phi) is 3.08. The van der Waals surface area contributed by atoms with Gasteiger partial charge < -0.3 is 15.0 Å². The monoisotopic (exact) mass is 285 g/mol. The molecule has 1 aromatic carbocycles. The van der Waals surface area contributed by atoms with Gasteiger partial charge in [0, 0.05) is 6.61 Å². The van der Waals surface area contributed by atoms with E-state index in [1.165, 1.54) is 6.07 Å². The smallest absolute Gasteiger partial charge is 0.376 e. The minimum absolute atomic E-state index is 0.0528. The van der Waals surface area contributed by atoms with Gasteiger partial charge in [-0.1, -0.05) is 0 Å². The number of aromatic nitrogens is 2. The molecular weight excluding hydrogens is 271 g/mol. The molecule has 1 aliphatic rings. The summed E-state index contributed by atoms with van der Waals surface area (Å²) in [4.78, 5) is 4.01. The van der Waals surface area contributed by atoms with Crippen LogP contribution in [-0.2, 0) is 17.5 Å². The van der Waals surface area contributed by atoms with Crippen molar-refractivity contribution in [3.8, 4) is 0 Å². The normalized spacial score (nSPS) is 19.9. The number of anilines is 1. The van der Waals surface area contributed by atoms with E-state index in [9.17, 15) is 13.2 Å². The quantitative estimate of drug-likeness (QED) is 0.923. The second-order valence-electron chi connectivity index (χ2n) is 4.92. The number of fused-ring (bicyclic) bond motifs is 1. The van der Waals surface area contributed by atoms with E-state index in [1.807, 2.05) is 0 Å². The molecule has 2 aromatic rings. The van der Waals surface area contributed by atoms with Crippen molar-refractivity contribution >= 4 is 17.0 Å². The second-order valence-corrected chi connectivity index (χ2v) is 4.92. The molecule has 2 N–H and O–H groups in total. The number of alkyl halides is 3. The third kappa shape index (κ3) is 2.33. The number of imidazole rings is 1. The summed E-state index contributed by atoms with van der Waals surface area (Å²) in [7, 11) is 0. The maximum Gasteiger partial charge on any atom is 0.416 e. The van der Waals surface area contributed by atoms with Crippen LogP contribution < -0.4 is 5.73 Å². The van der Waals surface area contributed by atoms with Gasteiger partial charge in [-0.2, -0.15) is 13.2 Å². The number of rotatable bonds is 2. The van der Waals surface area contributed by atoms with Gasteiger partial charge in [0.25, 0.3) is 0 Å². The molecule has 2 heterocycles. The van der Waals surface area contributed by atoms with Gasteiger partial charge in [0.15, 0.2) is 0 Å². The molecule has 1 aliphatic heterocycles. The summed E-state index contributed by atoms with van der Waals surface area (Å²) in [6.45, 7) is 1.24. The Balaban J connectivity index is 1.98. The molecule has 108 valence electrons. The van der Waals surface area contributed by atoms with E-state index in [0.717, 1.165) is 31.6 Å². The van der Waals surface area contributed by atoms with Crippen molar-refractivity contribution in [3.63, 3.8) is 0 Å². The van der Waals surface area contributed by atoms with Gasteiger partial charge in [-0.3, -0.25) is 0 Å². The molecule has 7 heteroatoms. The standard InChI is InChI=1S/C13H14F3N3O/c14-13(15,16)8-3-4-11-10(6-8)18-12(17)19(11)7-9-2-1-5-20-9/h3-4,6,9H,1-2,5,7H2,(H2,17,18). The van der Waals surface area contributed by atoms with Crippen LogP contribution in [0.4, 0.5) is 19.1 Å². The summed E-state index contributed by atoms with van der Waals surface area (Å²) >= 11 is 0. The van der Waals surface area contributed by atoms with E-state index in [4.69, 9.17) is 10.5 Å². The average molecular weight is 285 g/mol. The number of benzene rings is 1. The zero-order valence-electron chi connectivity index (χ0n) is 10.7. The van der Waals surface area contributed by atoms with Crippen molar-refractivity contribution in [1.29, 1.82) is 0 Å². The van der Waals surface area contributed by atoms with Crippen molar-refractivity contribution in [2.24, 2.45) is 0 Å². The van der Waals surface area contributed by atoms with Crippen LogP contribution >= 0.6 is 0 Å². The molecule has 20 heavy (non-hydrogen) atoms. The molecule has 0 spiro atoms. The first-order valence-electron chi connectivity index (χ1n) is 6.40. The SMILES string of the molecule is Nc1nc2cc(C(F)(F)F)ccc2n1CC1CCCO1. The number of ether oxygens (including phenoxy) is 1. The highest BCUT2D eigenvalue weighted by atomic mass is 19.4. The Labute approximate surface area is 113 Å². The minimum atomic E-state index is -4.37. The predicted octanol–water partition coefficient (Wildman–Crippen LogP) is 2.82. The highest BCUT2D eigenvalue weighted by Crippen LogP contribution is 2.32. The first kappa shape index (κ1) is 13.2. The van der Waals surface area contributed by atoms with Crippen molar-refractivity contribution < 1.29 is 17.9 Å². The molecular formula is C13H14F3N3O. The third-order valence-electron chi connectivity index (χ3n) is 3.52. The number of nitrogens with two attached hydrogens (primary N) is 1. The lowest BCUT2D eigenvalue weighted by Crippen LogP contribution is -2.16. The summed E-state index contributed by atoms with van der Waals surface area (Å²) in [6, 6.07) is 3.49. The molecule has 3 rings (SSSR count). The Morgan fingerprint density at radius 3 is 2.85 bits per heavy atom. The second kappa shape index (κ2) is 4.66. The zero-order chi connectivity index (χ0) is 14.3. The molecule has 1 fully saturated rings. The highest BCUT2D eigenvalue weighted by Gasteiger charge is 2.31. The lowest BCUT2D eigenvalue weighted by Gasteiger charge is -2.12. The fourth-order valence-electron chi connectivity index (χ4n) is 2.51. The largest absolute Gasteiger partial charge is 0.416 e. The van der Waals surface area contributed by atoms with Gasteiger partial charge in [0.1, 0.15) is 0 Å². The Morgan fingerprint density at radius 1 is 1.40 bits per heavy atom. The minimum Gasteiger partial charge on any atom is -0.376 e. The van der Waals surface area contributed by atoms with E-state index < -0.39 is 11.7 Å². The Bertz CT molecular complexity index is 630. The summed E-state index contributed by atoms with van der Waals surface area (Å²) in [5.41, 5.74) is 5.95. The Hall–Kier alpha value is -1.76.